The van der Waals surface area contributed by atoms with Gasteiger partial charge in [-0.2, -0.15) is 0 Å². The molecule has 82 heavy (non-hydrogen) atoms. The Morgan fingerprint density at radius 3 is 0.634 bits per heavy atom. The number of nitrogens with zero attached hydrogens (tertiary/aromatic N) is 5. The highest BCUT2D eigenvalue weighted by molar-refractivity contribution is 4.79. The number of unbranched alkanes of at least 4 members (excludes halogenated alkanes) is 37. The Hall–Kier alpha value is -0.400. The van der Waals surface area contributed by atoms with Gasteiger partial charge in [-0.05, 0) is 32.1 Å². The van der Waals surface area contributed by atoms with E-state index in [1.54, 1.807) is 0 Å². The predicted molar refractivity (Wildman–Crippen MR) is 358 cm³/mol. The first-order valence-corrected chi connectivity index (χ1v) is 37.2. The van der Waals surface area contributed by atoms with Crippen LogP contribution < -0.4 is 0 Å². The van der Waals surface area contributed by atoms with Crippen molar-refractivity contribution >= 4 is 0 Å². The summed E-state index contributed by atoms with van der Waals surface area (Å²) in [6, 6.07) is 0. The standard InChI is InChI=1S/C72H149N5O5/c1-6-11-16-21-26-31-32-37-42-47-52-72(82)67-77(66-71(81)51-46-41-36-30-25-20-15-10-5)62-60-75(63-68(78)48-43-38-33-27-22-17-12-7-2)59-57-73-53-55-74(56-54-73)58-61-76(64-69(79)49-44-39-34-28-23-18-13-8-3)65-70(80)50-45-40-35-29-24-19-14-9-4/h68-72,78-82H,6-67H2,1-5H3. The van der Waals surface area contributed by atoms with E-state index < -0.39 is 0 Å². The second-order valence-electron chi connectivity index (χ2n) is 26.8. The van der Waals surface area contributed by atoms with Gasteiger partial charge >= 0.3 is 0 Å². The summed E-state index contributed by atoms with van der Waals surface area (Å²) < 4.78 is 0. The van der Waals surface area contributed by atoms with Gasteiger partial charge in [0.1, 0.15) is 0 Å². The summed E-state index contributed by atoms with van der Waals surface area (Å²) >= 11 is 0. The van der Waals surface area contributed by atoms with Crippen molar-refractivity contribution in [1.29, 1.82) is 0 Å². The Labute approximate surface area is 512 Å². The number of aliphatic hydroxyl groups is 5. The summed E-state index contributed by atoms with van der Waals surface area (Å²) in [4.78, 5) is 12.5. The Morgan fingerprint density at radius 1 is 0.232 bits per heavy atom. The highest BCUT2D eigenvalue weighted by Gasteiger charge is 2.23. The van der Waals surface area contributed by atoms with E-state index >= 15 is 0 Å². The molecule has 492 valence electrons. The molecule has 0 aliphatic carbocycles. The van der Waals surface area contributed by atoms with Gasteiger partial charge in [-0.15, -0.1) is 0 Å². The van der Waals surface area contributed by atoms with Crippen LogP contribution in [0.4, 0.5) is 0 Å². The van der Waals surface area contributed by atoms with Crippen LogP contribution in [0.5, 0.6) is 0 Å². The lowest BCUT2D eigenvalue weighted by molar-refractivity contribution is 0.0419. The largest absolute Gasteiger partial charge is 0.392 e. The number of piperazine rings is 1. The molecule has 1 aliphatic rings. The van der Waals surface area contributed by atoms with Crippen LogP contribution in [-0.4, -0.2) is 179 Å². The van der Waals surface area contributed by atoms with Crippen LogP contribution in [-0.2, 0) is 0 Å². The second-order valence-corrected chi connectivity index (χ2v) is 26.8. The van der Waals surface area contributed by atoms with Crippen LogP contribution in [0, 0.1) is 0 Å². The quantitative estimate of drug-likeness (QED) is 0.0377. The zero-order valence-corrected chi connectivity index (χ0v) is 56.2. The topological polar surface area (TPSA) is 117 Å². The van der Waals surface area contributed by atoms with Crippen molar-refractivity contribution < 1.29 is 25.5 Å². The Bertz CT molecular complexity index is 1220. The average Bonchev–Trinajstić information content (AvgIpc) is 3.47. The highest BCUT2D eigenvalue weighted by atomic mass is 16.3. The number of hydrogen-bond donors (Lipinski definition) is 5. The molecule has 5 atom stereocenters. The molecule has 0 spiro atoms. The van der Waals surface area contributed by atoms with E-state index in [9.17, 15) is 25.5 Å². The molecule has 5 unspecified atom stereocenters. The monoisotopic (exact) mass is 1160 g/mol. The Kier molecular flexibility index (Phi) is 59.1. The second kappa shape index (κ2) is 60.9. The van der Waals surface area contributed by atoms with Gasteiger partial charge in [-0.3, -0.25) is 24.5 Å². The fraction of sp³-hybridized carbons (Fsp3) is 1.00. The van der Waals surface area contributed by atoms with Gasteiger partial charge < -0.3 is 25.5 Å². The van der Waals surface area contributed by atoms with E-state index in [1.807, 2.05) is 0 Å². The molecule has 10 nitrogen and oxygen atoms in total. The molecule has 0 amide bonds. The predicted octanol–water partition coefficient (Wildman–Crippen LogP) is 16.7. The van der Waals surface area contributed by atoms with Crippen molar-refractivity contribution in [3.05, 3.63) is 0 Å². The van der Waals surface area contributed by atoms with E-state index in [2.05, 4.69) is 59.1 Å². The van der Waals surface area contributed by atoms with Gasteiger partial charge in [0.05, 0.1) is 30.5 Å². The van der Waals surface area contributed by atoms with Gasteiger partial charge in [-0.25, -0.2) is 0 Å². The van der Waals surface area contributed by atoms with Crippen molar-refractivity contribution in [2.75, 3.05) is 98.2 Å². The van der Waals surface area contributed by atoms with E-state index in [4.69, 9.17) is 0 Å². The van der Waals surface area contributed by atoms with Crippen LogP contribution in [0.3, 0.4) is 0 Å². The normalized spacial score (nSPS) is 15.6. The third-order valence-electron chi connectivity index (χ3n) is 18.5. The lowest BCUT2D eigenvalue weighted by atomic mass is 10.0. The van der Waals surface area contributed by atoms with E-state index in [0.29, 0.717) is 32.7 Å². The maximum atomic E-state index is 11.6. The fourth-order valence-corrected chi connectivity index (χ4v) is 12.8. The summed E-state index contributed by atoms with van der Waals surface area (Å²) in [5.74, 6) is 0. The lowest BCUT2D eigenvalue weighted by Crippen LogP contribution is -2.51. The maximum absolute atomic E-state index is 11.6. The molecule has 0 saturated carbocycles. The molecule has 0 aromatic carbocycles. The first-order chi connectivity index (χ1) is 40.1. The van der Waals surface area contributed by atoms with Crippen molar-refractivity contribution in [3.8, 4) is 0 Å². The maximum Gasteiger partial charge on any atom is 0.0667 e. The summed E-state index contributed by atoms with van der Waals surface area (Å²) in [5, 5.41) is 57.1. The van der Waals surface area contributed by atoms with E-state index in [1.165, 1.54) is 238 Å². The lowest BCUT2D eigenvalue weighted by Gasteiger charge is -2.37. The third-order valence-corrected chi connectivity index (χ3v) is 18.5. The van der Waals surface area contributed by atoms with Crippen molar-refractivity contribution in [3.63, 3.8) is 0 Å². The van der Waals surface area contributed by atoms with E-state index in [-0.39, 0.29) is 30.5 Å². The Morgan fingerprint density at radius 2 is 0.402 bits per heavy atom. The summed E-state index contributed by atoms with van der Waals surface area (Å²) in [6.07, 6.45) is 56.1. The zero-order chi connectivity index (χ0) is 59.6. The number of hydrogen-bond acceptors (Lipinski definition) is 10. The van der Waals surface area contributed by atoms with Crippen LogP contribution in [0.15, 0.2) is 0 Å². The van der Waals surface area contributed by atoms with E-state index in [0.717, 1.165) is 130 Å². The minimum Gasteiger partial charge on any atom is -0.392 e. The SMILES string of the molecule is CCCCCCCCCCCCC(O)CN(CCN(CCN1CCN(CCN(CC(O)CCCCCCCCCC)CC(O)CCCCCCCCCC)CC1)CC(O)CCCCCCCCCC)CC(O)CCCCCCCCCC. The molecule has 0 radical (unpaired) electrons. The smallest absolute Gasteiger partial charge is 0.0667 e. The van der Waals surface area contributed by atoms with Crippen LogP contribution in [0.1, 0.15) is 336 Å². The van der Waals surface area contributed by atoms with Crippen molar-refractivity contribution in [2.24, 2.45) is 0 Å². The summed E-state index contributed by atoms with van der Waals surface area (Å²) in [5.41, 5.74) is 0. The van der Waals surface area contributed by atoms with Gasteiger partial charge in [-0.1, -0.05) is 304 Å². The van der Waals surface area contributed by atoms with Crippen LogP contribution in [0.2, 0.25) is 0 Å². The van der Waals surface area contributed by atoms with Gasteiger partial charge in [0.15, 0.2) is 0 Å². The molecule has 0 aromatic rings. The van der Waals surface area contributed by atoms with Crippen molar-refractivity contribution in [2.45, 2.75) is 367 Å². The average molecular weight is 1170 g/mol. The summed E-state index contributed by atoms with van der Waals surface area (Å²) in [7, 11) is 0. The molecule has 10 heteroatoms. The minimum atomic E-state index is -0.386. The van der Waals surface area contributed by atoms with Crippen LogP contribution in [0.25, 0.3) is 0 Å². The molecule has 5 N–H and O–H groups in total. The summed E-state index contributed by atoms with van der Waals surface area (Å²) in [6.45, 7) is 24.1. The van der Waals surface area contributed by atoms with Crippen molar-refractivity contribution in [1.82, 2.24) is 24.5 Å². The minimum absolute atomic E-state index is 0.342. The fourth-order valence-electron chi connectivity index (χ4n) is 12.8. The molecule has 1 saturated heterocycles. The molecule has 1 heterocycles. The molecule has 1 rings (SSSR count). The van der Waals surface area contributed by atoms with Gasteiger partial charge in [0.2, 0.25) is 0 Å². The molecular weight excluding hydrogens is 1010 g/mol. The molecule has 0 aromatic heterocycles. The number of rotatable bonds is 66. The zero-order valence-electron chi connectivity index (χ0n) is 56.2. The van der Waals surface area contributed by atoms with Gasteiger partial charge in [0.25, 0.3) is 0 Å². The van der Waals surface area contributed by atoms with Crippen LogP contribution >= 0.6 is 0 Å². The highest BCUT2D eigenvalue weighted by Crippen LogP contribution is 2.18. The molecule has 1 aliphatic heterocycles. The number of aliphatic hydroxyl groups excluding tert-OH is 5. The molecule has 1 fully saturated rings. The Balaban J connectivity index is 2.95. The molecule has 0 bridgehead atoms. The first kappa shape index (κ1) is 79.6. The third kappa shape index (κ3) is 52.7. The molecular formula is C72H149N5O5. The first-order valence-electron chi connectivity index (χ1n) is 37.2. The van der Waals surface area contributed by atoms with Gasteiger partial charge in [0, 0.05) is 98.2 Å².